The van der Waals surface area contributed by atoms with Crippen molar-refractivity contribution in [3.63, 3.8) is 0 Å². The fraction of sp³-hybridized carbons (Fsp3) is 1.00. The van der Waals surface area contributed by atoms with Gasteiger partial charge in [-0.25, -0.2) is 0 Å². The molecule has 8 atom stereocenters. The van der Waals surface area contributed by atoms with Gasteiger partial charge in [0.2, 0.25) is 0 Å². The average molecular weight is 437 g/mol. The molecule has 3 N–H and O–H groups in total. The number of hydrogen-bond acceptors (Lipinski definition) is 3. The third kappa shape index (κ3) is 5.87. The van der Waals surface area contributed by atoms with Gasteiger partial charge < -0.3 is 15.3 Å². The molecule has 3 nitrogen and oxygen atoms in total. The zero-order valence-corrected chi connectivity index (χ0v) is 21.3. The molecule has 3 aliphatic carbocycles. The highest BCUT2D eigenvalue weighted by Crippen LogP contribution is 2.58. The molecule has 3 heteroatoms. The number of hydrogen-bond donors (Lipinski definition) is 3. The monoisotopic (exact) mass is 436 g/mol. The van der Waals surface area contributed by atoms with Gasteiger partial charge in [0.1, 0.15) is 0 Å². The van der Waals surface area contributed by atoms with E-state index >= 15 is 0 Å². The first kappa shape index (κ1) is 25.5. The minimum atomic E-state index is -0.730. The van der Waals surface area contributed by atoms with Crippen LogP contribution in [0.15, 0.2) is 0 Å². The lowest BCUT2D eigenvalue weighted by molar-refractivity contribution is -0.0958. The largest absolute Gasteiger partial charge is 0.396 e. The molecule has 0 heterocycles. The van der Waals surface area contributed by atoms with Gasteiger partial charge in [-0.1, -0.05) is 33.6 Å². The Bertz CT molecular complexity index is 585. The number of rotatable bonds is 9. The molecule has 3 rings (SSSR count). The zero-order valence-electron chi connectivity index (χ0n) is 21.3. The maximum Gasteiger partial charge on any atom is 0.0641 e. The molecule has 8 unspecified atom stereocenters. The Morgan fingerprint density at radius 1 is 1.00 bits per heavy atom. The first-order valence-electron chi connectivity index (χ1n) is 13.5. The van der Waals surface area contributed by atoms with Crippen LogP contribution in [0.1, 0.15) is 125 Å². The predicted octanol–water partition coefficient (Wildman–Crippen LogP) is 6.48. The Labute approximate surface area is 192 Å². The Kier molecular flexibility index (Phi) is 7.92. The molecule has 0 aromatic heterocycles. The van der Waals surface area contributed by atoms with Crippen molar-refractivity contribution in [1.29, 1.82) is 0 Å². The molecule has 3 aliphatic rings. The van der Waals surface area contributed by atoms with Crippen molar-refractivity contribution in [3.05, 3.63) is 0 Å². The average Bonchev–Trinajstić information content (AvgIpc) is 3.07. The topological polar surface area (TPSA) is 60.7 Å². The van der Waals surface area contributed by atoms with Gasteiger partial charge in [0.05, 0.1) is 11.2 Å². The quantitative estimate of drug-likeness (QED) is 0.387. The first-order chi connectivity index (χ1) is 14.4. The van der Waals surface area contributed by atoms with Crippen LogP contribution in [0.25, 0.3) is 0 Å². The minimum absolute atomic E-state index is 0.0686. The van der Waals surface area contributed by atoms with Gasteiger partial charge >= 0.3 is 0 Å². The molecule has 3 fully saturated rings. The SMILES string of the molecule is CC(CCC(C)(O)CCO)C1CCCC1(C)CCC1CCCC2CC(C)(O)CCC12C. The summed E-state index contributed by atoms with van der Waals surface area (Å²) in [5.74, 6) is 2.92. The summed E-state index contributed by atoms with van der Waals surface area (Å²) in [6.45, 7) is 11.5. The molecule has 31 heavy (non-hydrogen) atoms. The molecule has 182 valence electrons. The van der Waals surface area contributed by atoms with E-state index in [2.05, 4.69) is 27.7 Å². The highest BCUT2D eigenvalue weighted by atomic mass is 16.3. The summed E-state index contributed by atoms with van der Waals surface area (Å²) in [6, 6.07) is 0. The van der Waals surface area contributed by atoms with Gasteiger partial charge in [-0.3, -0.25) is 0 Å². The van der Waals surface area contributed by atoms with Crippen molar-refractivity contribution in [2.75, 3.05) is 6.61 Å². The zero-order chi connectivity index (χ0) is 22.9. The van der Waals surface area contributed by atoms with Crippen molar-refractivity contribution in [1.82, 2.24) is 0 Å². The van der Waals surface area contributed by atoms with Crippen LogP contribution in [0.2, 0.25) is 0 Å². The lowest BCUT2D eigenvalue weighted by atomic mass is 9.52. The molecule has 0 spiro atoms. The highest BCUT2D eigenvalue weighted by molar-refractivity contribution is 5.01. The predicted molar refractivity (Wildman–Crippen MR) is 129 cm³/mol. The molecular formula is C28H52O3. The van der Waals surface area contributed by atoms with Crippen LogP contribution >= 0.6 is 0 Å². The molecule has 0 amide bonds. The van der Waals surface area contributed by atoms with Crippen LogP contribution in [0.4, 0.5) is 0 Å². The van der Waals surface area contributed by atoms with E-state index in [0.717, 1.165) is 37.5 Å². The second-order valence-electron chi connectivity index (χ2n) is 13.2. The van der Waals surface area contributed by atoms with Crippen molar-refractivity contribution >= 4 is 0 Å². The molecular weight excluding hydrogens is 384 g/mol. The van der Waals surface area contributed by atoms with E-state index in [0.29, 0.717) is 29.1 Å². The molecule has 0 aromatic carbocycles. The number of aliphatic hydroxyl groups is 3. The lowest BCUT2D eigenvalue weighted by Gasteiger charge is -2.54. The van der Waals surface area contributed by atoms with Crippen LogP contribution in [-0.4, -0.2) is 33.1 Å². The van der Waals surface area contributed by atoms with Crippen LogP contribution in [0.5, 0.6) is 0 Å². The van der Waals surface area contributed by atoms with Gasteiger partial charge in [0.25, 0.3) is 0 Å². The Hall–Kier alpha value is -0.120. The van der Waals surface area contributed by atoms with E-state index in [4.69, 9.17) is 0 Å². The van der Waals surface area contributed by atoms with Gasteiger partial charge in [-0.2, -0.15) is 0 Å². The van der Waals surface area contributed by atoms with E-state index in [1.54, 1.807) is 0 Å². The van der Waals surface area contributed by atoms with Crippen LogP contribution in [-0.2, 0) is 0 Å². The Morgan fingerprint density at radius 3 is 2.45 bits per heavy atom. The summed E-state index contributed by atoms with van der Waals surface area (Å²) >= 11 is 0. The number of fused-ring (bicyclic) bond motifs is 1. The van der Waals surface area contributed by atoms with Crippen molar-refractivity contribution in [2.45, 2.75) is 136 Å². The summed E-state index contributed by atoms with van der Waals surface area (Å²) in [5, 5.41) is 30.4. The molecule has 3 saturated carbocycles. The third-order valence-corrected chi connectivity index (χ3v) is 10.6. The van der Waals surface area contributed by atoms with E-state index < -0.39 is 11.2 Å². The molecule has 0 saturated heterocycles. The Balaban J connectivity index is 1.59. The van der Waals surface area contributed by atoms with Crippen molar-refractivity contribution in [3.8, 4) is 0 Å². The summed E-state index contributed by atoms with van der Waals surface area (Å²) in [4.78, 5) is 0. The molecule has 0 bridgehead atoms. The van der Waals surface area contributed by atoms with Crippen molar-refractivity contribution < 1.29 is 15.3 Å². The minimum Gasteiger partial charge on any atom is -0.396 e. The van der Waals surface area contributed by atoms with Gasteiger partial charge in [-0.05, 0) is 125 Å². The smallest absolute Gasteiger partial charge is 0.0641 e. The maximum absolute atomic E-state index is 10.7. The van der Waals surface area contributed by atoms with E-state index in [-0.39, 0.29) is 6.61 Å². The van der Waals surface area contributed by atoms with Gasteiger partial charge in [-0.15, -0.1) is 0 Å². The second kappa shape index (κ2) is 9.63. The third-order valence-electron chi connectivity index (χ3n) is 10.6. The first-order valence-corrected chi connectivity index (χ1v) is 13.5. The van der Waals surface area contributed by atoms with E-state index in [9.17, 15) is 15.3 Å². The normalized spacial score (nSPS) is 43.9. The maximum atomic E-state index is 10.7. The van der Waals surface area contributed by atoms with Gasteiger partial charge in [0.15, 0.2) is 0 Å². The fourth-order valence-corrected chi connectivity index (χ4v) is 8.14. The lowest BCUT2D eigenvalue weighted by Crippen LogP contribution is -2.48. The van der Waals surface area contributed by atoms with Crippen LogP contribution < -0.4 is 0 Å². The summed E-state index contributed by atoms with van der Waals surface area (Å²) in [7, 11) is 0. The second-order valence-corrected chi connectivity index (χ2v) is 13.2. The molecule has 0 radical (unpaired) electrons. The molecule has 0 aromatic rings. The standard InChI is InChI=1S/C28H52O3/c1-21(11-15-26(3,30)18-19-29)24-10-7-13-25(24,2)14-12-22-8-6-9-23-20-27(4,31)16-17-28(22,23)5/h21-24,29-31H,6-20H2,1-5H3. The van der Waals surface area contributed by atoms with Crippen LogP contribution in [0, 0.1) is 34.5 Å². The fourth-order valence-electron chi connectivity index (χ4n) is 8.14. The molecule has 0 aliphatic heterocycles. The highest BCUT2D eigenvalue weighted by Gasteiger charge is 2.50. The summed E-state index contributed by atoms with van der Waals surface area (Å²) < 4.78 is 0. The summed E-state index contributed by atoms with van der Waals surface area (Å²) in [5.41, 5.74) is -0.307. The van der Waals surface area contributed by atoms with E-state index in [1.807, 2.05) is 6.92 Å². The van der Waals surface area contributed by atoms with Gasteiger partial charge in [0, 0.05) is 6.61 Å². The summed E-state index contributed by atoms with van der Waals surface area (Å²) in [6.07, 6.45) is 16.3. The number of aliphatic hydroxyl groups excluding tert-OH is 1. The van der Waals surface area contributed by atoms with E-state index in [1.165, 1.54) is 57.8 Å². The Morgan fingerprint density at radius 2 is 1.74 bits per heavy atom. The van der Waals surface area contributed by atoms with Crippen LogP contribution in [0.3, 0.4) is 0 Å². The van der Waals surface area contributed by atoms with Crippen molar-refractivity contribution in [2.24, 2.45) is 34.5 Å².